The molecule has 5 heteroatoms. The van der Waals surface area contributed by atoms with Crippen LogP contribution in [0.4, 0.5) is 0 Å². The minimum Gasteiger partial charge on any atom is -0.462 e. The first kappa shape index (κ1) is 15.0. The molecule has 2 rings (SSSR count). The SMILES string of the molecule is CC(=O)c1c[nH]c2ccc(C(=O)OCC(C)C)cc2c1=O. The van der Waals surface area contributed by atoms with Crippen molar-refractivity contribution in [3.63, 3.8) is 0 Å². The van der Waals surface area contributed by atoms with E-state index in [1.165, 1.54) is 19.2 Å². The van der Waals surface area contributed by atoms with Crippen molar-refractivity contribution in [3.8, 4) is 0 Å². The van der Waals surface area contributed by atoms with Gasteiger partial charge < -0.3 is 9.72 Å². The molecule has 0 fully saturated rings. The van der Waals surface area contributed by atoms with Gasteiger partial charge in [0.1, 0.15) is 0 Å². The highest BCUT2D eigenvalue weighted by Gasteiger charge is 2.13. The van der Waals surface area contributed by atoms with Crippen molar-refractivity contribution < 1.29 is 14.3 Å². The highest BCUT2D eigenvalue weighted by Crippen LogP contribution is 2.13. The van der Waals surface area contributed by atoms with Crippen LogP contribution >= 0.6 is 0 Å². The molecule has 0 unspecified atom stereocenters. The van der Waals surface area contributed by atoms with E-state index < -0.39 is 5.97 Å². The number of fused-ring (bicyclic) bond motifs is 1. The quantitative estimate of drug-likeness (QED) is 0.692. The molecule has 1 N–H and O–H groups in total. The van der Waals surface area contributed by atoms with Gasteiger partial charge in [0.25, 0.3) is 0 Å². The second-order valence-corrected chi connectivity index (χ2v) is 5.34. The Hall–Kier alpha value is -2.43. The van der Waals surface area contributed by atoms with Gasteiger partial charge in [-0.25, -0.2) is 4.79 Å². The highest BCUT2D eigenvalue weighted by molar-refractivity contribution is 5.99. The number of carbonyl (C=O) groups excluding carboxylic acids is 2. The number of ketones is 1. The number of hydrogen-bond donors (Lipinski definition) is 1. The second kappa shape index (κ2) is 5.91. The third kappa shape index (κ3) is 3.18. The third-order valence-corrected chi connectivity index (χ3v) is 3.04. The maximum atomic E-state index is 12.2. The number of rotatable bonds is 4. The van der Waals surface area contributed by atoms with E-state index in [9.17, 15) is 14.4 Å². The fraction of sp³-hybridized carbons (Fsp3) is 0.312. The lowest BCUT2D eigenvalue weighted by atomic mass is 10.1. The van der Waals surface area contributed by atoms with Crippen LogP contribution in [0.3, 0.4) is 0 Å². The van der Waals surface area contributed by atoms with Crippen LogP contribution < -0.4 is 5.43 Å². The van der Waals surface area contributed by atoms with Crippen LogP contribution in [0.1, 0.15) is 41.5 Å². The highest BCUT2D eigenvalue weighted by atomic mass is 16.5. The van der Waals surface area contributed by atoms with Gasteiger partial charge >= 0.3 is 5.97 Å². The largest absolute Gasteiger partial charge is 0.462 e. The van der Waals surface area contributed by atoms with Gasteiger partial charge in [0.05, 0.1) is 17.7 Å². The molecule has 0 saturated carbocycles. The Morgan fingerprint density at radius 1 is 1.29 bits per heavy atom. The number of aromatic nitrogens is 1. The summed E-state index contributed by atoms with van der Waals surface area (Å²) in [6.45, 7) is 5.53. The van der Waals surface area contributed by atoms with Crippen molar-refractivity contribution in [1.82, 2.24) is 4.98 Å². The average Bonchev–Trinajstić information content (AvgIpc) is 2.44. The first-order valence-corrected chi connectivity index (χ1v) is 6.73. The molecule has 0 aliphatic heterocycles. The van der Waals surface area contributed by atoms with Crippen LogP contribution in [0.15, 0.2) is 29.2 Å². The van der Waals surface area contributed by atoms with E-state index in [-0.39, 0.29) is 22.7 Å². The van der Waals surface area contributed by atoms with Gasteiger partial charge in [-0.1, -0.05) is 13.8 Å². The lowest BCUT2D eigenvalue weighted by molar-refractivity contribution is 0.0459. The first-order chi connectivity index (χ1) is 9.90. The lowest BCUT2D eigenvalue weighted by Crippen LogP contribution is -2.15. The van der Waals surface area contributed by atoms with Crippen LogP contribution in [0.2, 0.25) is 0 Å². The number of ether oxygens (including phenoxy) is 1. The zero-order chi connectivity index (χ0) is 15.6. The van der Waals surface area contributed by atoms with Crippen molar-refractivity contribution in [2.45, 2.75) is 20.8 Å². The van der Waals surface area contributed by atoms with E-state index in [0.717, 1.165) is 0 Å². The van der Waals surface area contributed by atoms with Crippen molar-refractivity contribution in [1.29, 1.82) is 0 Å². The number of aromatic amines is 1. The number of hydrogen-bond acceptors (Lipinski definition) is 4. The summed E-state index contributed by atoms with van der Waals surface area (Å²) < 4.78 is 5.14. The summed E-state index contributed by atoms with van der Waals surface area (Å²) in [6.07, 6.45) is 1.39. The fourth-order valence-corrected chi connectivity index (χ4v) is 1.93. The van der Waals surface area contributed by atoms with Gasteiger partial charge in [-0.3, -0.25) is 9.59 Å². The minimum atomic E-state index is -0.474. The molecule has 21 heavy (non-hydrogen) atoms. The summed E-state index contributed by atoms with van der Waals surface area (Å²) >= 11 is 0. The molecule has 0 amide bonds. The zero-order valence-electron chi connectivity index (χ0n) is 12.2. The molecule has 0 saturated heterocycles. The van der Waals surface area contributed by atoms with Gasteiger partial charge in [-0.2, -0.15) is 0 Å². The number of H-pyrrole nitrogens is 1. The standard InChI is InChI=1S/C16H17NO4/c1-9(2)8-21-16(20)11-4-5-14-12(6-11)15(19)13(7-17-14)10(3)18/h4-7,9H,8H2,1-3H3,(H,17,19). The molecular formula is C16H17NO4. The number of esters is 1. The maximum absolute atomic E-state index is 12.2. The van der Waals surface area contributed by atoms with E-state index in [1.54, 1.807) is 12.1 Å². The van der Waals surface area contributed by atoms with Crippen molar-refractivity contribution >= 4 is 22.7 Å². The van der Waals surface area contributed by atoms with Gasteiger partial charge in [0, 0.05) is 17.1 Å². The molecule has 0 spiro atoms. The molecule has 1 aromatic heterocycles. The topological polar surface area (TPSA) is 76.2 Å². The minimum absolute atomic E-state index is 0.0789. The summed E-state index contributed by atoms with van der Waals surface area (Å²) in [6, 6.07) is 4.68. The van der Waals surface area contributed by atoms with Crippen molar-refractivity contribution in [2.24, 2.45) is 5.92 Å². The molecule has 2 aromatic rings. The molecule has 1 aromatic carbocycles. The zero-order valence-corrected chi connectivity index (χ0v) is 12.2. The summed E-state index contributed by atoms with van der Waals surface area (Å²) in [7, 11) is 0. The fourth-order valence-electron chi connectivity index (χ4n) is 1.93. The number of carbonyl (C=O) groups is 2. The number of nitrogens with one attached hydrogen (secondary N) is 1. The number of benzene rings is 1. The Morgan fingerprint density at radius 2 is 2.00 bits per heavy atom. The monoisotopic (exact) mass is 287 g/mol. The molecule has 1 heterocycles. The smallest absolute Gasteiger partial charge is 0.338 e. The predicted molar refractivity (Wildman–Crippen MR) is 79.7 cm³/mol. The van der Waals surface area contributed by atoms with Crippen LogP contribution in [-0.4, -0.2) is 23.3 Å². The summed E-state index contributed by atoms with van der Waals surface area (Å²) in [5.74, 6) is -0.550. The Morgan fingerprint density at radius 3 is 2.62 bits per heavy atom. The Balaban J connectivity index is 2.45. The van der Waals surface area contributed by atoms with Crippen LogP contribution in [0.25, 0.3) is 10.9 Å². The van der Waals surface area contributed by atoms with Gasteiger partial charge in [-0.15, -0.1) is 0 Å². The van der Waals surface area contributed by atoms with Gasteiger partial charge in [0.2, 0.25) is 0 Å². The molecule has 0 bridgehead atoms. The molecule has 0 aliphatic rings. The van der Waals surface area contributed by atoms with Crippen molar-refractivity contribution in [3.05, 3.63) is 45.7 Å². The van der Waals surface area contributed by atoms with E-state index in [0.29, 0.717) is 23.1 Å². The molecule has 5 nitrogen and oxygen atoms in total. The molecule has 0 radical (unpaired) electrons. The first-order valence-electron chi connectivity index (χ1n) is 6.73. The number of Topliss-reactive ketones (excluding diaryl/α,β-unsaturated/α-hetero) is 1. The predicted octanol–water partition coefficient (Wildman–Crippen LogP) is 2.54. The van der Waals surface area contributed by atoms with Crippen LogP contribution in [0.5, 0.6) is 0 Å². The van der Waals surface area contributed by atoms with E-state index >= 15 is 0 Å². The summed E-state index contributed by atoms with van der Waals surface area (Å²) in [5, 5.41) is 0.307. The maximum Gasteiger partial charge on any atom is 0.338 e. The third-order valence-electron chi connectivity index (χ3n) is 3.04. The van der Waals surface area contributed by atoms with Crippen LogP contribution in [-0.2, 0) is 4.74 Å². The second-order valence-electron chi connectivity index (χ2n) is 5.34. The summed E-state index contributed by atoms with van der Waals surface area (Å²) in [4.78, 5) is 38.4. The molecule has 0 atom stereocenters. The lowest BCUT2D eigenvalue weighted by Gasteiger charge is -2.08. The van der Waals surface area contributed by atoms with Gasteiger partial charge in [-0.05, 0) is 31.0 Å². The Kier molecular flexibility index (Phi) is 4.21. The van der Waals surface area contributed by atoms with E-state index in [2.05, 4.69) is 4.98 Å². The van der Waals surface area contributed by atoms with E-state index in [4.69, 9.17) is 4.74 Å². The van der Waals surface area contributed by atoms with Gasteiger partial charge in [0.15, 0.2) is 11.2 Å². The van der Waals surface area contributed by atoms with Crippen LogP contribution in [0, 0.1) is 5.92 Å². The van der Waals surface area contributed by atoms with Crippen molar-refractivity contribution in [2.75, 3.05) is 6.61 Å². The number of pyridine rings is 1. The van der Waals surface area contributed by atoms with E-state index in [1.807, 2.05) is 13.8 Å². The average molecular weight is 287 g/mol. The Labute approximate surface area is 121 Å². The molecule has 110 valence electrons. The normalized spacial score (nSPS) is 10.9. The molecule has 0 aliphatic carbocycles. The Bertz CT molecular complexity index is 758. The molecular weight excluding hydrogens is 270 g/mol. The summed E-state index contributed by atoms with van der Waals surface area (Å²) in [5.41, 5.74) is 0.574.